The number of nitrogens with zero attached hydrogens (tertiary/aromatic N) is 1. The molecule has 0 saturated carbocycles. The molecule has 4 heteroatoms. The van der Waals surface area contributed by atoms with Crippen molar-refractivity contribution in [2.24, 2.45) is 5.41 Å². The number of carbonyl (C=O) groups is 2. The lowest BCUT2D eigenvalue weighted by atomic mass is 9.83. The highest BCUT2D eigenvalue weighted by atomic mass is 16.1. The van der Waals surface area contributed by atoms with Gasteiger partial charge in [-0.25, -0.2) is 0 Å². The minimum Gasteiger partial charge on any atom is -0.328 e. The second-order valence-corrected chi connectivity index (χ2v) is 13.0. The maximum absolute atomic E-state index is 12.8. The fraction of sp³-hybridized carbons (Fsp3) is 0.931. The average Bonchev–Trinajstić information content (AvgIpc) is 2.67. The van der Waals surface area contributed by atoms with E-state index in [1.165, 1.54) is 45.1 Å². The van der Waals surface area contributed by atoms with Gasteiger partial charge in [0, 0.05) is 30.2 Å². The SMILES string of the molecule is CCCCCCCC[N+](C)(C)CCCC(=O)CCCCCC(NC(C)(C)C)C(=O)C(C)(C)C. The van der Waals surface area contributed by atoms with Crippen LogP contribution in [-0.2, 0) is 9.59 Å². The van der Waals surface area contributed by atoms with Crippen LogP contribution in [0.25, 0.3) is 0 Å². The highest BCUT2D eigenvalue weighted by Crippen LogP contribution is 2.21. The number of hydrogen-bond donors (Lipinski definition) is 1. The van der Waals surface area contributed by atoms with Gasteiger partial charge in [-0.05, 0) is 46.5 Å². The van der Waals surface area contributed by atoms with Crippen molar-refractivity contribution in [3.63, 3.8) is 0 Å². The molecule has 1 unspecified atom stereocenters. The standard InChI is InChI=1S/C29H59N2O2/c1-10-11-12-13-14-18-23-31(8,9)24-19-21-25(32)20-16-15-17-22-26(30-29(5,6)7)27(33)28(2,3)4/h26,30H,10-24H2,1-9H3/q+1. The second-order valence-electron chi connectivity index (χ2n) is 13.0. The van der Waals surface area contributed by atoms with Crippen LogP contribution in [0.5, 0.6) is 0 Å². The van der Waals surface area contributed by atoms with Crippen LogP contribution >= 0.6 is 0 Å². The molecule has 0 rings (SSSR count). The Labute approximate surface area is 207 Å². The van der Waals surface area contributed by atoms with Gasteiger partial charge in [0.2, 0.25) is 0 Å². The second kappa shape index (κ2) is 16.0. The molecule has 0 bridgehead atoms. The minimum atomic E-state index is -0.333. The third-order valence-electron chi connectivity index (χ3n) is 6.45. The molecule has 0 aliphatic heterocycles. The number of rotatable bonds is 19. The van der Waals surface area contributed by atoms with Gasteiger partial charge in [-0.15, -0.1) is 0 Å². The van der Waals surface area contributed by atoms with E-state index >= 15 is 0 Å². The molecule has 0 saturated heterocycles. The fourth-order valence-electron chi connectivity index (χ4n) is 4.42. The number of ketones is 2. The Morgan fingerprint density at radius 3 is 1.82 bits per heavy atom. The lowest BCUT2D eigenvalue weighted by molar-refractivity contribution is -0.890. The number of quaternary nitrogens is 1. The summed E-state index contributed by atoms with van der Waals surface area (Å²) < 4.78 is 1.03. The molecule has 0 aliphatic carbocycles. The third-order valence-corrected chi connectivity index (χ3v) is 6.45. The molecule has 0 aromatic carbocycles. The van der Waals surface area contributed by atoms with E-state index in [9.17, 15) is 9.59 Å². The van der Waals surface area contributed by atoms with Gasteiger partial charge in [0.15, 0.2) is 5.78 Å². The Bertz CT molecular complexity index is 541. The summed E-state index contributed by atoms with van der Waals surface area (Å²) >= 11 is 0. The van der Waals surface area contributed by atoms with Crippen LogP contribution in [-0.4, -0.2) is 54.8 Å². The van der Waals surface area contributed by atoms with Crippen LogP contribution in [0.4, 0.5) is 0 Å². The lowest BCUT2D eigenvalue weighted by Crippen LogP contribution is -2.50. The van der Waals surface area contributed by atoms with Crippen molar-refractivity contribution >= 4 is 11.6 Å². The Morgan fingerprint density at radius 1 is 0.727 bits per heavy atom. The van der Waals surface area contributed by atoms with Crippen LogP contribution < -0.4 is 5.32 Å². The van der Waals surface area contributed by atoms with E-state index in [1.807, 2.05) is 20.8 Å². The van der Waals surface area contributed by atoms with Crippen molar-refractivity contribution in [1.29, 1.82) is 0 Å². The summed E-state index contributed by atoms with van der Waals surface area (Å²) in [6.45, 7) is 16.9. The molecule has 196 valence electrons. The Morgan fingerprint density at radius 2 is 1.24 bits per heavy atom. The minimum absolute atomic E-state index is 0.0805. The van der Waals surface area contributed by atoms with Crippen molar-refractivity contribution in [3.8, 4) is 0 Å². The molecule has 0 aromatic rings. The van der Waals surface area contributed by atoms with Crippen molar-refractivity contribution in [2.45, 2.75) is 144 Å². The summed E-state index contributed by atoms with van der Waals surface area (Å²) in [6, 6.07) is -0.104. The van der Waals surface area contributed by atoms with E-state index in [4.69, 9.17) is 0 Å². The Kier molecular flexibility index (Phi) is 15.7. The zero-order valence-corrected chi connectivity index (χ0v) is 23.9. The topological polar surface area (TPSA) is 46.2 Å². The Hall–Kier alpha value is -0.740. The highest BCUT2D eigenvalue weighted by molar-refractivity contribution is 5.88. The number of nitrogens with one attached hydrogen (secondary N) is 1. The Balaban J connectivity index is 4.08. The molecule has 0 fully saturated rings. The predicted octanol–water partition coefficient (Wildman–Crippen LogP) is 7.10. The normalized spacial score (nSPS) is 13.8. The van der Waals surface area contributed by atoms with E-state index in [-0.39, 0.29) is 22.8 Å². The van der Waals surface area contributed by atoms with Gasteiger partial charge in [0.25, 0.3) is 0 Å². The van der Waals surface area contributed by atoms with Gasteiger partial charge in [0.1, 0.15) is 5.78 Å². The molecule has 4 nitrogen and oxygen atoms in total. The van der Waals surface area contributed by atoms with Gasteiger partial charge >= 0.3 is 0 Å². The van der Waals surface area contributed by atoms with Crippen LogP contribution in [0.2, 0.25) is 0 Å². The van der Waals surface area contributed by atoms with Gasteiger partial charge < -0.3 is 9.80 Å². The van der Waals surface area contributed by atoms with Crippen LogP contribution in [0.1, 0.15) is 132 Å². The van der Waals surface area contributed by atoms with Crippen LogP contribution in [0.3, 0.4) is 0 Å². The lowest BCUT2D eigenvalue weighted by Gasteiger charge is -2.31. The van der Waals surface area contributed by atoms with Crippen LogP contribution in [0, 0.1) is 5.41 Å². The maximum Gasteiger partial charge on any atom is 0.155 e. The molecule has 0 spiro atoms. The molecule has 0 heterocycles. The van der Waals surface area contributed by atoms with E-state index in [0.717, 1.165) is 49.6 Å². The van der Waals surface area contributed by atoms with E-state index in [1.54, 1.807) is 0 Å². The quantitative estimate of drug-likeness (QED) is 0.163. The molecule has 0 aromatic heterocycles. The number of Topliss-reactive ketones (excluding diaryl/α,β-unsaturated/α-hetero) is 2. The molecule has 0 aliphatic rings. The molecule has 1 atom stereocenters. The van der Waals surface area contributed by atoms with Gasteiger partial charge in [-0.3, -0.25) is 9.59 Å². The fourth-order valence-corrected chi connectivity index (χ4v) is 4.42. The third kappa shape index (κ3) is 18.3. The van der Waals surface area contributed by atoms with E-state index in [0.29, 0.717) is 12.2 Å². The largest absolute Gasteiger partial charge is 0.328 e. The van der Waals surface area contributed by atoms with E-state index < -0.39 is 0 Å². The van der Waals surface area contributed by atoms with Crippen molar-refractivity contribution in [3.05, 3.63) is 0 Å². The number of unbranched alkanes of at least 4 members (excludes halogenated alkanes) is 7. The number of hydrogen-bond acceptors (Lipinski definition) is 3. The zero-order chi connectivity index (χ0) is 25.5. The molecular weight excluding hydrogens is 408 g/mol. The molecular formula is C29H59N2O2+. The van der Waals surface area contributed by atoms with Gasteiger partial charge in [0.05, 0.1) is 33.2 Å². The first-order chi connectivity index (χ1) is 15.2. The van der Waals surface area contributed by atoms with Crippen molar-refractivity contribution in [1.82, 2.24) is 5.32 Å². The molecule has 33 heavy (non-hydrogen) atoms. The first-order valence-electron chi connectivity index (χ1n) is 13.8. The zero-order valence-electron chi connectivity index (χ0n) is 23.9. The predicted molar refractivity (Wildman–Crippen MR) is 144 cm³/mol. The molecule has 0 amide bonds. The average molecular weight is 468 g/mol. The monoisotopic (exact) mass is 467 g/mol. The van der Waals surface area contributed by atoms with Gasteiger partial charge in [-0.1, -0.05) is 66.2 Å². The summed E-state index contributed by atoms with van der Waals surface area (Å²) in [5.41, 5.74) is -0.414. The van der Waals surface area contributed by atoms with E-state index in [2.05, 4.69) is 47.1 Å². The van der Waals surface area contributed by atoms with Gasteiger partial charge in [-0.2, -0.15) is 0 Å². The smallest absolute Gasteiger partial charge is 0.155 e. The summed E-state index contributed by atoms with van der Waals surface area (Å²) in [7, 11) is 4.61. The maximum atomic E-state index is 12.8. The van der Waals surface area contributed by atoms with Crippen LogP contribution in [0.15, 0.2) is 0 Å². The summed E-state index contributed by atoms with van der Waals surface area (Å²) in [5.74, 6) is 0.694. The molecule has 0 radical (unpaired) electrons. The number of carbonyl (C=O) groups excluding carboxylic acids is 2. The first-order valence-corrected chi connectivity index (χ1v) is 13.8. The highest BCUT2D eigenvalue weighted by Gasteiger charge is 2.31. The summed E-state index contributed by atoms with van der Waals surface area (Å²) in [5, 5.41) is 3.51. The summed E-state index contributed by atoms with van der Waals surface area (Å²) in [4.78, 5) is 25.2. The van der Waals surface area contributed by atoms with Crippen molar-refractivity contribution < 1.29 is 14.1 Å². The summed E-state index contributed by atoms with van der Waals surface area (Å²) in [6.07, 6.45) is 14.3. The first kappa shape index (κ1) is 32.3. The van der Waals surface area contributed by atoms with Crippen molar-refractivity contribution in [2.75, 3.05) is 27.2 Å². The molecule has 1 N–H and O–H groups in total.